The van der Waals surface area contributed by atoms with Gasteiger partial charge in [0.05, 0.1) is 7.11 Å². The third-order valence-corrected chi connectivity index (χ3v) is 3.56. The fourth-order valence-corrected chi connectivity index (χ4v) is 2.61. The zero-order valence-electron chi connectivity index (χ0n) is 12.5. The summed E-state index contributed by atoms with van der Waals surface area (Å²) in [7, 11) is 4.19. The van der Waals surface area contributed by atoms with Gasteiger partial charge in [-0.2, -0.15) is 0 Å². The van der Waals surface area contributed by atoms with Gasteiger partial charge in [0.1, 0.15) is 6.10 Å². The summed E-state index contributed by atoms with van der Waals surface area (Å²) in [6.07, 6.45) is 3.55. The first-order chi connectivity index (χ1) is 9.57. The summed E-state index contributed by atoms with van der Waals surface area (Å²) < 4.78 is 20.5. The number of ether oxygens (including phenoxy) is 4. The van der Waals surface area contributed by atoms with Gasteiger partial charge >= 0.3 is 11.9 Å². The fraction of sp³-hybridized carbons (Fsp3) is 0.714. The maximum atomic E-state index is 11.9. The molecule has 1 aliphatic heterocycles. The van der Waals surface area contributed by atoms with Crippen molar-refractivity contribution in [2.75, 3.05) is 21.3 Å². The molecular formula is C14H22O6. The Kier molecular flexibility index (Phi) is 5.71. The first-order valence-corrected chi connectivity index (χ1v) is 6.66. The molecule has 0 aromatic rings. The molecule has 2 rings (SSSR count). The van der Waals surface area contributed by atoms with E-state index in [4.69, 9.17) is 14.2 Å². The van der Waals surface area contributed by atoms with Gasteiger partial charge in [0.25, 0.3) is 0 Å². The van der Waals surface area contributed by atoms with Crippen molar-refractivity contribution in [2.24, 2.45) is 11.8 Å². The van der Waals surface area contributed by atoms with Gasteiger partial charge in [-0.25, -0.2) is 0 Å². The molecule has 1 heterocycles. The van der Waals surface area contributed by atoms with Crippen LogP contribution >= 0.6 is 0 Å². The van der Waals surface area contributed by atoms with Crippen LogP contribution in [0.2, 0.25) is 0 Å². The summed E-state index contributed by atoms with van der Waals surface area (Å²) >= 11 is 0. The van der Waals surface area contributed by atoms with E-state index in [2.05, 4.69) is 4.74 Å². The number of methoxy groups -OCH3 is 3. The van der Waals surface area contributed by atoms with E-state index in [1.165, 1.54) is 21.3 Å². The monoisotopic (exact) mass is 286 g/mol. The van der Waals surface area contributed by atoms with Gasteiger partial charge in [-0.3, -0.25) is 9.59 Å². The van der Waals surface area contributed by atoms with Gasteiger partial charge in [-0.15, -0.1) is 0 Å². The Hall–Kier alpha value is -1.40. The number of hydrogen-bond acceptors (Lipinski definition) is 6. The molecule has 1 saturated heterocycles. The number of fused-ring (bicyclic) bond motifs is 2. The average Bonchev–Trinajstić information content (AvgIpc) is 2.50. The molecule has 3 unspecified atom stereocenters. The summed E-state index contributed by atoms with van der Waals surface area (Å²) in [5.74, 6) is -3.77. The first kappa shape index (κ1) is 16.7. The van der Waals surface area contributed by atoms with Crippen LogP contribution in [0.1, 0.15) is 20.3 Å². The van der Waals surface area contributed by atoms with Gasteiger partial charge in [0, 0.05) is 20.1 Å². The van der Waals surface area contributed by atoms with Crippen molar-refractivity contribution in [3.63, 3.8) is 0 Å². The van der Waals surface area contributed by atoms with Crippen LogP contribution in [0, 0.1) is 11.8 Å². The van der Waals surface area contributed by atoms with E-state index in [1.54, 1.807) is 12.2 Å². The molecular weight excluding hydrogens is 264 g/mol. The Morgan fingerprint density at radius 1 is 1.30 bits per heavy atom. The van der Waals surface area contributed by atoms with Crippen molar-refractivity contribution in [1.29, 1.82) is 0 Å². The summed E-state index contributed by atoms with van der Waals surface area (Å²) in [6, 6.07) is 0. The predicted octanol–water partition coefficient (Wildman–Crippen LogP) is 1.29. The van der Waals surface area contributed by atoms with Crippen molar-refractivity contribution in [1.82, 2.24) is 0 Å². The molecule has 20 heavy (non-hydrogen) atoms. The van der Waals surface area contributed by atoms with E-state index in [1.807, 2.05) is 13.8 Å². The number of carbonyl (C=O) groups excluding carboxylic acids is 2. The number of rotatable bonds is 3. The standard InChI is InChI=1S/C12H16O6.C2H6/c1-15-10(13)9-8-6-7(18-11(9)14)4-5-12(8,16-2)17-3;1-2/h4-5,7-9H,6H2,1-3H3;1-2H3. The molecule has 0 aromatic heterocycles. The van der Waals surface area contributed by atoms with Crippen LogP contribution in [0.25, 0.3) is 0 Å². The molecule has 0 radical (unpaired) electrons. The maximum absolute atomic E-state index is 11.9. The highest BCUT2D eigenvalue weighted by molar-refractivity contribution is 5.96. The van der Waals surface area contributed by atoms with Gasteiger partial charge in [0.15, 0.2) is 11.7 Å². The highest BCUT2D eigenvalue weighted by atomic mass is 16.7. The quantitative estimate of drug-likeness (QED) is 0.337. The van der Waals surface area contributed by atoms with Crippen LogP contribution in [-0.2, 0) is 28.5 Å². The number of carbonyl (C=O) groups is 2. The Morgan fingerprint density at radius 3 is 2.40 bits per heavy atom. The van der Waals surface area contributed by atoms with E-state index in [-0.39, 0.29) is 6.10 Å². The van der Waals surface area contributed by atoms with Gasteiger partial charge in [0.2, 0.25) is 0 Å². The highest BCUT2D eigenvalue weighted by Gasteiger charge is 2.55. The smallest absolute Gasteiger partial charge is 0.321 e. The van der Waals surface area contributed by atoms with Gasteiger partial charge < -0.3 is 18.9 Å². The molecule has 0 spiro atoms. The zero-order valence-corrected chi connectivity index (χ0v) is 12.5. The van der Waals surface area contributed by atoms with Crippen LogP contribution < -0.4 is 0 Å². The van der Waals surface area contributed by atoms with E-state index in [9.17, 15) is 9.59 Å². The van der Waals surface area contributed by atoms with E-state index < -0.39 is 29.6 Å². The Labute approximate surface area is 119 Å². The summed E-state index contributed by atoms with van der Waals surface area (Å²) in [5.41, 5.74) is 0. The summed E-state index contributed by atoms with van der Waals surface area (Å²) in [5, 5.41) is 0. The molecule has 6 nitrogen and oxygen atoms in total. The Balaban J connectivity index is 0.000000956. The van der Waals surface area contributed by atoms with E-state index in [0.717, 1.165) is 0 Å². The minimum absolute atomic E-state index is 0.332. The summed E-state index contributed by atoms with van der Waals surface area (Å²) in [4.78, 5) is 23.6. The Morgan fingerprint density at radius 2 is 1.90 bits per heavy atom. The SMILES string of the molecule is CC.COC(=O)C1C(=O)OC2C=CC(OC)(OC)C1C2. The van der Waals surface area contributed by atoms with Crippen LogP contribution in [0.15, 0.2) is 12.2 Å². The fourth-order valence-electron chi connectivity index (χ4n) is 2.61. The minimum atomic E-state index is -1.09. The topological polar surface area (TPSA) is 71.1 Å². The van der Waals surface area contributed by atoms with Crippen LogP contribution in [-0.4, -0.2) is 45.2 Å². The van der Waals surface area contributed by atoms with Gasteiger partial charge in [-0.1, -0.05) is 13.8 Å². The molecule has 0 N–H and O–H groups in total. The molecule has 2 bridgehead atoms. The molecule has 0 saturated carbocycles. The van der Waals surface area contributed by atoms with Crippen LogP contribution in [0.4, 0.5) is 0 Å². The van der Waals surface area contributed by atoms with Crippen molar-refractivity contribution >= 4 is 11.9 Å². The minimum Gasteiger partial charge on any atom is -0.468 e. The molecule has 3 atom stereocenters. The lowest BCUT2D eigenvalue weighted by molar-refractivity contribution is -0.241. The van der Waals surface area contributed by atoms with Crippen LogP contribution in [0.3, 0.4) is 0 Å². The predicted molar refractivity (Wildman–Crippen MR) is 70.7 cm³/mol. The van der Waals surface area contributed by atoms with E-state index >= 15 is 0 Å². The lowest BCUT2D eigenvalue weighted by Crippen LogP contribution is -2.55. The number of hydrogen-bond donors (Lipinski definition) is 0. The maximum Gasteiger partial charge on any atom is 0.321 e. The molecule has 1 aliphatic carbocycles. The molecule has 114 valence electrons. The Bertz CT molecular complexity index is 385. The van der Waals surface area contributed by atoms with Crippen molar-refractivity contribution in [2.45, 2.75) is 32.2 Å². The summed E-state index contributed by atoms with van der Waals surface area (Å²) in [6.45, 7) is 4.00. The molecule has 2 aliphatic rings. The van der Waals surface area contributed by atoms with Crippen LogP contribution in [0.5, 0.6) is 0 Å². The second-order valence-electron chi connectivity index (χ2n) is 4.31. The second kappa shape index (κ2) is 6.85. The van der Waals surface area contributed by atoms with Crippen molar-refractivity contribution in [3.8, 4) is 0 Å². The molecule has 1 fully saturated rings. The first-order valence-electron chi connectivity index (χ1n) is 6.66. The lowest BCUT2D eigenvalue weighted by Gasteiger charge is -2.45. The normalized spacial score (nSPS) is 29.9. The second-order valence-corrected chi connectivity index (χ2v) is 4.31. The van der Waals surface area contributed by atoms with Crippen molar-refractivity contribution in [3.05, 3.63) is 12.2 Å². The molecule has 0 amide bonds. The average molecular weight is 286 g/mol. The van der Waals surface area contributed by atoms with E-state index in [0.29, 0.717) is 6.42 Å². The third kappa shape index (κ3) is 2.71. The highest BCUT2D eigenvalue weighted by Crippen LogP contribution is 2.42. The lowest BCUT2D eigenvalue weighted by atomic mass is 9.75. The molecule has 6 heteroatoms. The zero-order chi connectivity index (χ0) is 15.3. The molecule has 0 aromatic carbocycles. The third-order valence-electron chi connectivity index (χ3n) is 3.56. The van der Waals surface area contributed by atoms with Crippen molar-refractivity contribution < 1.29 is 28.5 Å². The number of esters is 2. The van der Waals surface area contributed by atoms with Gasteiger partial charge in [-0.05, 0) is 18.6 Å². The largest absolute Gasteiger partial charge is 0.468 e.